The molecule has 0 saturated heterocycles. The summed E-state index contributed by atoms with van der Waals surface area (Å²) in [5.74, 6) is 1.40. The van der Waals surface area contributed by atoms with Gasteiger partial charge in [0.1, 0.15) is 23.1 Å². The minimum Gasteiger partial charge on any atom is -0.496 e. The van der Waals surface area contributed by atoms with Gasteiger partial charge in [-0.15, -0.1) is 0 Å². The van der Waals surface area contributed by atoms with Gasteiger partial charge in [-0.2, -0.15) is 0 Å². The maximum Gasteiger partial charge on any atom is 0.335 e. The van der Waals surface area contributed by atoms with Crippen LogP contribution in [0.5, 0.6) is 5.75 Å². The van der Waals surface area contributed by atoms with Crippen molar-refractivity contribution in [2.75, 3.05) is 46.2 Å². The number of rotatable bonds is 10. The van der Waals surface area contributed by atoms with Gasteiger partial charge in [-0.05, 0) is 45.1 Å². The molecule has 1 aliphatic carbocycles. The second-order valence-electron chi connectivity index (χ2n) is 9.85. The molecular weight excluding hydrogens is 486 g/mol. The number of para-hydroxylation sites is 2. The van der Waals surface area contributed by atoms with Gasteiger partial charge in [0.05, 0.1) is 23.1 Å². The van der Waals surface area contributed by atoms with Gasteiger partial charge in [0, 0.05) is 56.5 Å². The molecule has 198 valence electrons. The van der Waals surface area contributed by atoms with E-state index in [0.29, 0.717) is 35.2 Å². The van der Waals surface area contributed by atoms with Crippen molar-refractivity contribution in [1.82, 2.24) is 24.0 Å². The number of ether oxygens (including phenoxy) is 1. The fraction of sp³-hybridized carbons (Fsp3) is 0.370. The summed E-state index contributed by atoms with van der Waals surface area (Å²) in [5, 5.41) is 12.0. The lowest BCUT2D eigenvalue weighted by Crippen LogP contribution is -2.29. The topological polar surface area (TPSA) is 112 Å². The van der Waals surface area contributed by atoms with Crippen LogP contribution in [0.3, 0.4) is 0 Å². The van der Waals surface area contributed by atoms with Crippen molar-refractivity contribution in [1.29, 1.82) is 0 Å². The molecule has 0 atom stereocenters. The molecule has 4 aromatic rings. The van der Waals surface area contributed by atoms with Crippen molar-refractivity contribution in [3.63, 3.8) is 0 Å². The second kappa shape index (κ2) is 10.3. The summed E-state index contributed by atoms with van der Waals surface area (Å²) < 4.78 is 9.08. The van der Waals surface area contributed by atoms with E-state index in [1.165, 1.54) is 13.2 Å². The quantitative estimate of drug-likeness (QED) is 0.232. The van der Waals surface area contributed by atoms with Crippen LogP contribution in [0.4, 0.5) is 11.4 Å². The van der Waals surface area contributed by atoms with Crippen LogP contribution in [-0.2, 0) is 6.42 Å². The first-order chi connectivity index (χ1) is 18.3. The number of aromatic nitrogens is 4. The first kappa shape index (κ1) is 25.4. The summed E-state index contributed by atoms with van der Waals surface area (Å²) >= 11 is 0. The Morgan fingerprint density at radius 2 is 1.84 bits per heavy atom. The number of nitro groups is 1. The summed E-state index contributed by atoms with van der Waals surface area (Å²) in [6, 6.07) is 12.8. The van der Waals surface area contributed by atoms with Gasteiger partial charge >= 0.3 is 5.69 Å². The van der Waals surface area contributed by atoms with E-state index in [0.717, 1.165) is 30.4 Å². The average Bonchev–Trinajstić information content (AvgIpc) is 3.69. The fourth-order valence-electron chi connectivity index (χ4n) is 4.70. The molecular formula is C27H31N7O4. The zero-order valence-electron chi connectivity index (χ0n) is 22.0. The molecule has 38 heavy (non-hydrogen) atoms. The molecule has 0 unspecified atom stereocenters. The van der Waals surface area contributed by atoms with E-state index in [-0.39, 0.29) is 28.8 Å². The molecule has 1 saturated carbocycles. The first-order valence-electron chi connectivity index (χ1n) is 12.5. The van der Waals surface area contributed by atoms with E-state index in [2.05, 4.69) is 4.98 Å². The summed E-state index contributed by atoms with van der Waals surface area (Å²) in [6.07, 6.45) is 3.79. The Hall–Kier alpha value is -4.25. The lowest BCUT2D eigenvalue weighted by molar-refractivity contribution is -0.384. The lowest BCUT2D eigenvalue weighted by atomic mass is 10.1. The molecule has 1 fully saturated rings. The standard InChI is InChI=1S/C27H31N7O4/c1-30(2)13-14-31(3)22-17-24(38-4)18(15-23(22)34(36)37)16-25-28-12-11-26(29-25)33-21-8-6-5-7-20(21)32(27(33)35)19-9-10-19/h5-8,11-12,15,17,19H,9-10,13-14,16H2,1-4H3. The highest BCUT2D eigenvalue weighted by Crippen LogP contribution is 2.37. The van der Waals surface area contributed by atoms with Gasteiger partial charge in [0.2, 0.25) is 0 Å². The molecule has 0 radical (unpaired) electrons. The van der Waals surface area contributed by atoms with Gasteiger partial charge in [-0.1, -0.05) is 12.1 Å². The SMILES string of the molecule is COc1cc(N(C)CCN(C)C)c([N+](=O)[O-])cc1Cc1nccc(-n2c(=O)n(C3CC3)c3ccccc32)n1. The molecule has 0 amide bonds. The smallest absolute Gasteiger partial charge is 0.335 e. The summed E-state index contributed by atoms with van der Waals surface area (Å²) in [4.78, 5) is 38.0. The Morgan fingerprint density at radius 3 is 2.50 bits per heavy atom. The van der Waals surface area contributed by atoms with E-state index >= 15 is 0 Å². The van der Waals surface area contributed by atoms with Crippen molar-refractivity contribution in [2.45, 2.75) is 25.3 Å². The summed E-state index contributed by atoms with van der Waals surface area (Å²) in [7, 11) is 7.28. The summed E-state index contributed by atoms with van der Waals surface area (Å²) in [5.41, 5.74) is 2.60. The molecule has 2 aromatic heterocycles. The van der Waals surface area contributed by atoms with E-state index in [1.807, 2.05) is 59.8 Å². The monoisotopic (exact) mass is 517 g/mol. The number of imidazole rings is 1. The van der Waals surface area contributed by atoms with Crippen LogP contribution in [0.2, 0.25) is 0 Å². The molecule has 0 bridgehead atoms. The normalized spacial score (nSPS) is 13.3. The molecule has 0 N–H and O–H groups in total. The lowest BCUT2D eigenvalue weighted by Gasteiger charge is -2.22. The molecule has 0 spiro atoms. The Kier molecular flexibility index (Phi) is 6.85. The molecule has 5 rings (SSSR count). The number of anilines is 1. The number of methoxy groups -OCH3 is 1. The highest BCUT2D eigenvalue weighted by Gasteiger charge is 2.29. The Balaban J connectivity index is 1.52. The first-order valence-corrected chi connectivity index (χ1v) is 12.5. The van der Waals surface area contributed by atoms with Crippen LogP contribution in [-0.4, -0.2) is 70.3 Å². The van der Waals surface area contributed by atoms with Crippen molar-refractivity contribution in [3.05, 3.63) is 80.6 Å². The van der Waals surface area contributed by atoms with E-state index in [4.69, 9.17) is 9.72 Å². The number of nitrogens with zero attached hydrogens (tertiary/aromatic N) is 7. The van der Waals surface area contributed by atoms with Crippen molar-refractivity contribution < 1.29 is 9.66 Å². The molecule has 11 heteroatoms. The fourth-order valence-corrected chi connectivity index (χ4v) is 4.70. The van der Waals surface area contributed by atoms with Gasteiger partial charge in [0.25, 0.3) is 5.69 Å². The van der Waals surface area contributed by atoms with E-state index in [9.17, 15) is 14.9 Å². The molecule has 2 heterocycles. The number of fused-ring (bicyclic) bond motifs is 1. The van der Waals surface area contributed by atoms with Crippen LogP contribution >= 0.6 is 0 Å². The van der Waals surface area contributed by atoms with E-state index < -0.39 is 0 Å². The number of hydrogen-bond donors (Lipinski definition) is 0. The predicted octanol–water partition coefficient (Wildman–Crippen LogP) is 3.42. The second-order valence-corrected chi connectivity index (χ2v) is 9.85. The Morgan fingerprint density at radius 1 is 1.11 bits per heavy atom. The molecule has 0 aliphatic heterocycles. The molecule has 11 nitrogen and oxygen atoms in total. The van der Waals surface area contributed by atoms with Crippen LogP contribution in [0.25, 0.3) is 16.9 Å². The highest BCUT2D eigenvalue weighted by atomic mass is 16.6. The predicted molar refractivity (Wildman–Crippen MR) is 146 cm³/mol. The maximum atomic E-state index is 13.4. The van der Waals surface area contributed by atoms with Crippen molar-refractivity contribution in [2.24, 2.45) is 0 Å². The van der Waals surface area contributed by atoms with Crippen LogP contribution in [0, 0.1) is 10.1 Å². The molecule has 2 aromatic carbocycles. The third kappa shape index (κ3) is 4.84. The van der Waals surface area contributed by atoms with E-state index in [1.54, 1.807) is 22.9 Å². The minimum atomic E-state index is -0.381. The molecule has 1 aliphatic rings. The number of benzene rings is 2. The van der Waals surface area contributed by atoms with Gasteiger partial charge in [0.15, 0.2) is 0 Å². The Labute approximate surface area is 220 Å². The maximum absolute atomic E-state index is 13.4. The number of hydrogen-bond acceptors (Lipinski definition) is 8. The van der Waals surface area contributed by atoms with Crippen LogP contribution < -0.4 is 15.3 Å². The van der Waals surface area contributed by atoms with Gasteiger partial charge < -0.3 is 14.5 Å². The largest absolute Gasteiger partial charge is 0.496 e. The van der Waals surface area contributed by atoms with Crippen molar-refractivity contribution in [3.8, 4) is 11.6 Å². The zero-order chi connectivity index (χ0) is 27.0. The van der Waals surface area contributed by atoms with Crippen LogP contribution in [0.15, 0.2) is 53.5 Å². The van der Waals surface area contributed by atoms with Gasteiger partial charge in [-0.3, -0.25) is 14.7 Å². The van der Waals surface area contributed by atoms with Crippen LogP contribution in [0.1, 0.15) is 30.3 Å². The number of likely N-dealkylation sites (N-methyl/N-ethyl adjacent to an activating group) is 2. The number of nitro benzene ring substituents is 1. The third-order valence-electron chi connectivity index (χ3n) is 6.83. The highest BCUT2D eigenvalue weighted by molar-refractivity contribution is 5.78. The van der Waals surface area contributed by atoms with Gasteiger partial charge in [-0.25, -0.2) is 19.3 Å². The van der Waals surface area contributed by atoms with Crippen molar-refractivity contribution >= 4 is 22.4 Å². The third-order valence-corrected chi connectivity index (χ3v) is 6.83. The minimum absolute atomic E-state index is 0.0121. The Bertz CT molecular complexity index is 1560. The summed E-state index contributed by atoms with van der Waals surface area (Å²) in [6.45, 7) is 1.36. The zero-order valence-corrected chi connectivity index (χ0v) is 22.0. The average molecular weight is 518 g/mol.